The highest BCUT2D eigenvalue weighted by molar-refractivity contribution is 7.87. The van der Waals surface area contributed by atoms with Crippen LogP contribution in [-0.2, 0) is 16.5 Å². The molecule has 0 amide bonds. The van der Waals surface area contributed by atoms with Crippen molar-refractivity contribution in [2.45, 2.75) is 96.8 Å². The Balaban J connectivity index is 1.56. The summed E-state index contributed by atoms with van der Waals surface area (Å²) in [5.41, 5.74) is 1.78. The molecule has 0 atom stereocenters. The molecule has 2 rings (SSSR count). The minimum absolute atomic E-state index is 0.134. The lowest BCUT2D eigenvalue weighted by Gasteiger charge is -2.10. The maximum atomic E-state index is 12.3. The van der Waals surface area contributed by atoms with Gasteiger partial charge in [-0.3, -0.25) is 0 Å². The molecular weight excluding hydrogens is 458 g/mol. The normalized spacial score (nSPS) is 11.5. The summed E-state index contributed by atoms with van der Waals surface area (Å²) in [5, 5.41) is 12.5. The van der Waals surface area contributed by atoms with Gasteiger partial charge in [-0.15, -0.1) is 0 Å². The lowest BCUT2D eigenvalue weighted by atomic mass is 10.0. The number of hydrogen-bond donors (Lipinski definition) is 2. The number of rotatable bonds is 20. The number of unbranched alkanes of at least 4 members (excludes halogenated alkanes) is 12. The number of aromatic hydroxyl groups is 1. The standard InChI is InChI=1S/C29H45NO4S/c1-2-3-4-5-6-7-8-9-10-11-12-13-14-17-26-18-15-21-29(24-26)34-35(32,33)23-22-30-27-19-16-20-28(31)25-27/h15-16,18-21,24-25,30-31H,2-14,17,22-23H2,1H3. The van der Waals surface area contributed by atoms with Crippen molar-refractivity contribution >= 4 is 15.8 Å². The molecule has 6 heteroatoms. The van der Waals surface area contributed by atoms with E-state index in [0.29, 0.717) is 11.4 Å². The Morgan fingerprint density at radius 1 is 0.771 bits per heavy atom. The van der Waals surface area contributed by atoms with Crippen molar-refractivity contribution < 1.29 is 17.7 Å². The lowest BCUT2D eigenvalue weighted by molar-refractivity contribution is 0.475. The van der Waals surface area contributed by atoms with Crippen LogP contribution in [0.3, 0.4) is 0 Å². The summed E-state index contributed by atoms with van der Waals surface area (Å²) in [6.45, 7) is 2.46. The summed E-state index contributed by atoms with van der Waals surface area (Å²) in [4.78, 5) is 0. The van der Waals surface area contributed by atoms with Crippen molar-refractivity contribution in [1.82, 2.24) is 0 Å². The van der Waals surface area contributed by atoms with Crippen molar-refractivity contribution in [3.63, 3.8) is 0 Å². The van der Waals surface area contributed by atoms with Crippen LogP contribution in [0, 0.1) is 0 Å². The minimum Gasteiger partial charge on any atom is -0.508 e. The van der Waals surface area contributed by atoms with E-state index >= 15 is 0 Å². The number of hydrogen-bond acceptors (Lipinski definition) is 5. The van der Waals surface area contributed by atoms with Crippen LogP contribution in [0.5, 0.6) is 11.5 Å². The topological polar surface area (TPSA) is 75.6 Å². The van der Waals surface area contributed by atoms with Gasteiger partial charge in [-0.1, -0.05) is 102 Å². The minimum atomic E-state index is -3.71. The second-order valence-electron chi connectivity index (χ2n) is 9.46. The first-order valence-corrected chi connectivity index (χ1v) is 15.1. The predicted molar refractivity (Wildman–Crippen MR) is 147 cm³/mol. The molecule has 35 heavy (non-hydrogen) atoms. The fourth-order valence-electron chi connectivity index (χ4n) is 4.22. The third kappa shape index (κ3) is 14.1. The number of benzene rings is 2. The van der Waals surface area contributed by atoms with Crippen molar-refractivity contribution in [2.75, 3.05) is 17.6 Å². The number of nitrogens with one attached hydrogen (secondary N) is 1. The Hall–Kier alpha value is -2.21. The highest BCUT2D eigenvalue weighted by Crippen LogP contribution is 2.19. The second kappa shape index (κ2) is 17.3. The molecule has 0 aromatic heterocycles. The molecule has 0 aliphatic heterocycles. The van der Waals surface area contributed by atoms with Crippen LogP contribution in [0.4, 0.5) is 5.69 Å². The van der Waals surface area contributed by atoms with Gasteiger partial charge in [-0.25, -0.2) is 0 Å². The van der Waals surface area contributed by atoms with Crippen molar-refractivity contribution in [3.05, 3.63) is 54.1 Å². The van der Waals surface area contributed by atoms with Crippen molar-refractivity contribution in [1.29, 1.82) is 0 Å². The highest BCUT2D eigenvalue weighted by Gasteiger charge is 2.13. The van der Waals surface area contributed by atoms with Crippen LogP contribution in [0.1, 0.15) is 96.0 Å². The van der Waals surface area contributed by atoms with Gasteiger partial charge in [0.1, 0.15) is 17.3 Å². The van der Waals surface area contributed by atoms with Gasteiger partial charge < -0.3 is 14.6 Å². The fraction of sp³-hybridized carbons (Fsp3) is 0.586. The molecule has 0 unspecified atom stereocenters. The molecular formula is C29H45NO4S. The molecule has 0 bridgehead atoms. The zero-order valence-electron chi connectivity index (χ0n) is 21.5. The largest absolute Gasteiger partial charge is 0.508 e. The zero-order chi connectivity index (χ0) is 25.2. The Bertz CT molecular complexity index is 930. The molecule has 0 spiro atoms. The van der Waals surface area contributed by atoms with E-state index in [1.807, 2.05) is 18.2 Å². The van der Waals surface area contributed by atoms with Gasteiger partial charge in [0.2, 0.25) is 0 Å². The van der Waals surface area contributed by atoms with E-state index in [-0.39, 0.29) is 18.0 Å². The average Bonchev–Trinajstić information content (AvgIpc) is 2.82. The molecule has 0 heterocycles. The predicted octanol–water partition coefficient (Wildman–Crippen LogP) is 7.85. The maximum absolute atomic E-state index is 12.3. The van der Waals surface area contributed by atoms with E-state index in [4.69, 9.17) is 4.18 Å². The van der Waals surface area contributed by atoms with Crippen LogP contribution >= 0.6 is 0 Å². The molecule has 5 nitrogen and oxygen atoms in total. The fourth-order valence-corrected chi connectivity index (χ4v) is 5.06. The molecule has 2 aromatic carbocycles. The molecule has 0 aliphatic carbocycles. The van der Waals surface area contributed by atoms with Gasteiger partial charge in [0.25, 0.3) is 0 Å². The molecule has 2 N–H and O–H groups in total. The number of anilines is 1. The molecule has 0 saturated carbocycles. The SMILES string of the molecule is CCCCCCCCCCCCCCCc1cccc(OS(=O)(=O)CCNc2cccc(O)c2)c1. The van der Waals surface area contributed by atoms with E-state index in [2.05, 4.69) is 12.2 Å². The lowest BCUT2D eigenvalue weighted by Crippen LogP contribution is -2.20. The molecule has 2 aromatic rings. The van der Waals surface area contributed by atoms with E-state index in [1.54, 1.807) is 30.3 Å². The summed E-state index contributed by atoms with van der Waals surface area (Å²) < 4.78 is 30.0. The van der Waals surface area contributed by atoms with Gasteiger partial charge in [0.05, 0.1) is 0 Å². The summed E-state index contributed by atoms with van der Waals surface area (Å²) in [6.07, 6.45) is 18.3. The third-order valence-electron chi connectivity index (χ3n) is 6.22. The summed E-state index contributed by atoms with van der Waals surface area (Å²) >= 11 is 0. The van der Waals surface area contributed by atoms with Crippen LogP contribution in [0.15, 0.2) is 48.5 Å². The van der Waals surface area contributed by atoms with E-state index in [1.165, 1.54) is 77.0 Å². The third-order valence-corrected chi connectivity index (χ3v) is 7.37. The van der Waals surface area contributed by atoms with Gasteiger partial charge >= 0.3 is 10.1 Å². The Kier molecular flexibility index (Phi) is 14.3. The first-order chi connectivity index (χ1) is 17.0. The van der Waals surface area contributed by atoms with Crippen LogP contribution in [0.25, 0.3) is 0 Å². The second-order valence-corrected chi connectivity index (χ2v) is 11.2. The van der Waals surface area contributed by atoms with E-state index < -0.39 is 10.1 Å². The van der Waals surface area contributed by atoms with Crippen molar-refractivity contribution in [2.24, 2.45) is 0 Å². The summed E-state index contributed by atoms with van der Waals surface area (Å²) in [5.74, 6) is 0.343. The number of aryl methyl sites for hydroxylation is 1. The molecule has 0 saturated heterocycles. The van der Waals surface area contributed by atoms with Gasteiger partial charge in [-0.05, 0) is 42.7 Å². The monoisotopic (exact) mass is 503 g/mol. The first-order valence-electron chi connectivity index (χ1n) is 13.5. The Labute approximate surface area is 213 Å². The molecule has 0 aliphatic rings. The van der Waals surface area contributed by atoms with Crippen molar-refractivity contribution in [3.8, 4) is 11.5 Å². The number of phenolic OH excluding ortho intramolecular Hbond substituents is 1. The van der Waals surface area contributed by atoms with E-state index in [0.717, 1.165) is 18.4 Å². The molecule has 0 radical (unpaired) electrons. The zero-order valence-corrected chi connectivity index (χ0v) is 22.3. The van der Waals surface area contributed by atoms with Gasteiger partial charge in [0.15, 0.2) is 0 Å². The van der Waals surface area contributed by atoms with Gasteiger partial charge in [-0.2, -0.15) is 8.42 Å². The van der Waals surface area contributed by atoms with Gasteiger partial charge in [0, 0.05) is 18.3 Å². The first kappa shape index (κ1) is 29.0. The Morgan fingerprint density at radius 2 is 1.37 bits per heavy atom. The van der Waals surface area contributed by atoms with Crippen LogP contribution in [0.2, 0.25) is 0 Å². The molecule has 0 fully saturated rings. The Morgan fingerprint density at radius 3 is 2.00 bits per heavy atom. The highest BCUT2D eigenvalue weighted by atomic mass is 32.2. The van der Waals surface area contributed by atoms with E-state index in [9.17, 15) is 13.5 Å². The summed E-state index contributed by atoms with van der Waals surface area (Å²) in [7, 11) is -3.71. The number of phenols is 1. The average molecular weight is 504 g/mol. The summed E-state index contributed by atoms with van der Waals surface area (Å²) in [6, 6.07) is 14.0. The van der Waals surface area contributed by atoms with Crippen LogP contribution in [-0.4, -0.2) is 25.8 Å². The quantitative estimate of drug-likeness (QED) is 0.142. The maximum Gasteiger partial charge on any atom is 0.310 e. The smallest absolute Gasteiger partial charge is 0.310 e. The van der Waals surface area contributed by atoms with Crippen LogP contribution < -0.4 is 9.50 Å². The molecule has 196 valence electrons.